The SMILES string of the molecule is CC1CCCN(c2ccnc3[nH]ccc23)C1. The minimum Gasteiger partial charge on any atom is -0.371 e. The molecule has 1 N–H and O–H groups in total. The molecule has 0 bridgehead atoms. The predicted molar refractivity (Wildman–Crippen MR) is 66.7 cm³/mol. The van der Waals surface area contributed by atoms with E-state index in [4.69, 9.17) is 0 Å². The Morgan fingerprint density at radius 1 is 1.44 bits per heavy atom. The molecule has 1 fully saturated rings. The number of pyridine rings is 1. The van der Waals surface area contributed by atoms with Crippen LogP contribution in [0.3, 0.4) is 0 Å². The van der Waals surface area contributed by atoms with Gasteiger partial charge in [0, 0.05) is 36.6 Å². The summed E-state index contributed by atoms with van der Waals surface area (Å²) in [6.45, 7) is 4.68. The smallest absolute Gasteiger partial charge is 0.139 e. The van der Waals surface area contributed by atoms with E-state index in [-0.39, 0.29) is 0 Å². The second-order valence-electron chi connectivity index (χ2n) is 4.76. The first-order valence-corrected chi connectivity index (χ1v) is 6.01. The molecule has 0 aliphatic carbocycles. The molecule has 0 saturated carbocycles. The fourth-order valence-corrected chi connectivity index (χ4v) is 2.63. The third-order valence-electron chi connectivity index (χ3n) is 3.43. The van der Waals surface area contributed by atoms with Gasteiger partial charge in [0.1, 0.15) is 5.65 Å². The van der Waals surface area contributed by atoms with Gasteiger partial charge in [-0.2, -0.15) is 0 Å². The number of hydrogen-bond donors (Lipinski definition) is 1. The highest BCUT2D eigenvalue weighted by Gasteiger charge is 2.18. The van der Waals surface area contributed by atoms with Crippen molar-refractivity contribution in [2.75, 3.05) is 18.0 Å². The topological polar surface area (TPSA) is 31.9 Å². The molecule has 0 amide bonds. The van der Waals surface area contributed by atoms with E-state index in [9.17, 15) is 0 Å². The molecule has 2 aromatic heterocycles. The lowest BCUT2D eigenvalue weighted by Gasteiger charge is -2.33. The summed E-state index contributed by atoms with van der Waals surface area (Å²) in [6, 6.07) is 4.26. The van der Waals surface area contributed by atoms with Gasteiger partial charge in [-0.15, -0.1) is 0 Å². The molecule has 3 heteroatoms. The van der Waals surface area contributed by atoms with E-state index < -0.39 is 0 Å². The number of rotatable bonds is 1. The van der Waals surface area contributed by atoms with Crippen LogP contribution in [0.2, 0.25) is 0 Å². The van der Waals surface area contributed by atoms with E-state index in [0.717, 1.165) is 11.6 Å². The average Bonchev–Trinajstić information content (AvgIpc) is 2.76. The first-order chi connectivity index (χ1) is 7.84. The minimum atomic E-state index is 0.802. The third kappa shape index (κ3) is 1.56. The van der Waals surface area contributed by atoms with Gasteiger partial charge in [-0.05, 0) is 30.9 Å². The molecule has 84 valence electrons. The van der Waals surface area contributed by atoms with E-state index in [1.807, 2.05) is 12.4 Å². The highest BCUT2D eigenvalue weighted by Crippen LogP contribution is 2.28. The lowest BCUT2D eigenvalue weighted by molar-refractivity contribution is 0.447. The van der Waals surface area contributed by atoms with Crippen LogP contribution in [0.5, 0.6) is 0 Å². The Balaban J connectivity index is 2.01. The Morgan fingerprint density at radius 3 is 3.25 bits per heavy atom. The molecule has 2 aromatic rings. The molecule has 0 aromatic carbocycles. The van der Waals surface area contributed by atoms with Crippen molar-refractivity contribution in [1.29, 1.82) is 0 Å². The van der Waals surface area contributed by atoms with Gasteiger partial charge in [0.2, 0.25) is 0 Å². The highest BCUT2D eigenvalue weighted by atomic mass is 15.1. The largest absolute Gasteiger partial charge is 0.371 e. The maximum atomic E-state index is 4.33. The van der Waals surface area contributed by atoms with Crippen molar-refractivity contribution in [2.24, 2.45) is 5.92 Å². The van der Waals surface area contributed by atoms with Crippen molar-refractivity contribution in [2.45, 2.75) is 19.8 Å². The fraction of sp³-hybridized carbons (Fsp3) is 0.462. The van der Waals surface area contributed by atoms with Crippen LogP contribution in [0, 0.1) is 5.92 Å². The molecule has 0 radical (unpaired) electrons. The van der Waals surface area contributed by atoms with E-state index >= 15 is 0 Å². The van der Waals surface area contributed by atoms with E-state index in [0.29, 0.717) is 0 Å². The highest BCUT2D eigenvalue weighted by molar-refractivity contribution is 5.89. The van der Waals surface area contributed by atoms with Crippen LogP contribution in [0.4, 0.5) is 5.69 Å². The van der Waals surface area contributed by atoms with Crippen molar-refractivity contribution in [1.82, 2.24) is 9.97 Å². The standard InChI is InChI=1S/C13H17N3/c1-10-3-2-8-16(9-10)12-5-7-15-13-11(12)4-6-14-13/h4-7,10H,2-3,8-9H2,1H3,(H,14,15). The second-order valence-corrected chi connectivity index (χ2v) is 4.76. The zero-order valence-electron chi connectivity index (χ0n) is 9.61. The molecule has 1 saturated heterocycles. The zero-order chi connectivity index (χ0) is 11.0. The van der Waals surface area contributed by atoms with E-state index in [1.54, 1.807) is 0 Å². The summed E-state index contributed by atoms with van der Waals surface area (Å²) >= 11 is 0. The zero-order valence-corrected chi connectivity index (χ0v) is 9.61. The molecule has 1 atom stereocenters. The lowest BCUT2D eigenvalue weighted by Crippen LogP contribution is -2.34. The van der Waals surface area contributed by atoms with Crippen molar-refractivity contribution in [3.05, 3.63) is 24.5 Å². The maximum Gasteiger partial charge on any atom is 0.139 e. The van der Waals surface area contributed by atoms with Crippen molar-refractivity contribution >= 4 is 16.7 Å². The molecular formula is C13H17N3. The van der Waals surface area contributed by atoms with Crippen molar-refractivity contribution in [3.63, 3.8) is 0 Å². The Bertz CT molecular complexity index is 489. The molecule has 3 nitrogen and oxygen atoms in total. The molecular weight excluding hydrogens is 198 g/mol. The van der Waals surface area contributed by atoms with Crippen LogP contribution in [0.1, 0.15) is 19.8 Å². The van der Waals surface area contributed by atoms with Gasteiger partial charge in [-0.1, -0.05) is 6.92 Å². The fourth-order valence-electron chi connectivity index (χ4n) is 2.63. The number of nitrogens with one attached hydrogen (secondary N) is 1. The number of piperidine rings is 1. The van der Waals surface area contributed by atoms with E-state index in [1.165, 1.54) is 37.0 Å². The molecule has 3 heterocycles. The molecule has 1 unspecified atom stereocenters. The van der Waals surface area contributed by atoms with Gasteiger partial charge in [0.15, 0.2) is 0 Å². The summed E-state index contributed by atoms with van der Waals surface area (Å²) < 4.78 is 0. The van der Waals surface area contributed by atoms with Crippen LogP contribution in [-0.2, 0) is 0 Å². The number of H-pyrrole nitrogens is 1. The summed E-state index contributed by atoms with van der Waals surface area (Å²) in [4.78, 5) is 10.00. The number of fused-ring (bicyclic) bond motifs is 1. The maximum absolute atomic E-state index is 4.33. The van der Waals surface area contributed by atoms with Gasteiger partial charge >= 0.3 is 0 Å². The number of aromatic amines is 1. The number of hydrogen-bond acceptors (Lipinski definition) is 2. The summed E-state index contributed by atoms with van der Waals surface area (Å²) in [5.41, 5.74) is 2.33. The van der Waals surface area contributed by atoms with E-state index in [2.05, 4.69) is 33.9 Å². The predicted octanol–water partition coefficient (Wildman–Crippen LogP) is 2.80. The van der Waals surface area contributed by atoms with Crippen molar-refractivity contribution in [3.8, 4) is 0 Å². The Labute approximate surface area is 95.5 Å². The van der Waals surface area contributed by atoms with Crippen LogP contribution < -0.4 is 4.90 Å². The van der Waals surface area contributed by atoms with Gasteiger partial charge in [0.05, 0.1) is 0 Å². The van der Waals surface area contributed by atoms with Gasteiger partial charge in [-0.3, -0.25) is 0 Å². The summed E-state index contributed by atoms with van der Waals surface area (Å²) in [6.07, 6.45) is 6.52. The van der Waals surface area contributed by atoms with Crippen LogP contribution in [0.15, 0.2) is 24.5 Å². The normalized spacial score (nSPS) is 21.6. The summed E-state index contributed by atoms with van der Waals surface area (Å²) in [7, 11) is 0. The lowest BCUT2D eigenvalue weighted by atomic mass is 9.99. The van der Waals surface area contributed by atoms with Crippen LogP contribution >= 0.6 is 0 Å². The van der Waals surface area contributed by atoms with Crippen LogP contribution in [-0.4, -0.2) is 23.1 Å². The third-order valence-corrected chi connectivity index (χ3v) is 3.43. The molecule has 0 spiro atoms. The summed E-state index contributed by atoms with van der Waals surface area (Å²) in [5, 5.41) is 1.25. The molecule has 1 aliphatic rings. The van der Waals surface area contributed by atoms with Crippen LogP contribution in [0.25, 0.3) is 11.0 Å². The van der Waals surface area contributed by atoms with Gasteiger partial charge in [0.25, 0.3) is 0 Å². The Hall–Kier alpha value is -1.51. The number of nitrogens with zero attached hydrogens (tertiary/aromatic N) is 2. The molecule has 1 aliphatic heterocycles. The monoisotopic (exact) mass is 215 g/mol. The van der Waals surface area contributed by atoms with Crippen molar-refractivity contribution < 1.29 is 0 Å². The second kappa shape index (κ2) is 3.81. The first kappa shape index (κ1) is 9.70. The molecule has 16 heavy (non-hydrogen) atoms. The first-order valence-electron chi connectivity index (χ1n) is 6.01. The minimum absolute atomic E-state index is 0.802. The number of anilines is 1. The number of aromatic nitrogens is 2. The Morgan fingerprint density at radius 2 is 2.38 bits per heavy atom. The molecule has 3 rings (SSSR count). The average molecular weight is 215 g/mol. The van der Waals surface area contributed by atoms with Gasteiger partial charge < -0.3 is 9.88 Å². The Kier molecular flexibility index (Phi) is 2.31. The van der Waals surface area contributed by atoms with Gasteiger partial charge in [-0.25, -0.2) is 4.98 Å². The summed E-state index contributed by atoms with van der Waals surface area (Å²) in [5.74, 6) is 0.802. The quantitative estimate of drug-likeness (QED) is 0.793.